The van der Waals surface area contributed by atoms with E-state index < -0.39 is 11.8 Å². The minimum Gasteiger partial charge on any atom is -0.478 e. The number of aromatic carboxylic acids is 1. The summed E-state index contributed by atoms with van der Waals surface area (Å²) in [6, 6.07) is 4.52. The Balaban J connectivity index is 2.14. The average molecular weight is 252 g/mol. The molecule has 5 heteroatoms. The van der Waals surface area contributed by atoms with E-state index in [9.17, 15) is 9.18 Å². The minimum atomic E-state index is -1.23. The molecule has 0 radical (unpaired) electrons. The molecule has 2 rings (SSSR count). The Labute approximate surface area is 105 Å². The van der Waals surface area contributed by atoms with Crippen LogP contribution in [0.2, 0.25) is 0 Å². The monoisotopic (exact) mass is 252 g/mol. The first-order valence-corrected chi connectivity index (χ1v) is 6.05. The summed E-state index contributed by atoms with van der Waals surface area (Å²) in [5.74, 6) is -1.93. The number of anilines is 1. The standard InChI is InChI=1S/C13H17FN2O2/c1-16-7-5-9(6-8-16)15-11-4-2-3-10(14)12(11)13(17)18/h2-4,9,15H,5-8H2,1H3,(H,17,18). The van der Waals surface area contributed by atoms with Crippen molar-refractivity contribution in [2.75, 3.05) is 25.5 Å². The molecule has 1 heterocycles. The highest BCUT2D eigenvalue weighted by Gasteiger charge is 2.20. The molecular weight excluding hydrogens is 235 g/mol. The van der Waals surface area contributed by atoms with Crippen LogP contribution in [0.3, 0.4) is 0 Å². The van der Waals surface area contributed by atoms with E-state index in [-0.39, 0.29) is 11.6 Å². The second-order valence-electron chi connectivity index (χ2n) is 4.69. The van der Waals surface area contributed by atoms with Crippen LogP contribution in [-0.2, 0) is 0 Å². The van der Waals surface area contributed by atoms with Gasteiger partial charge in [0.1, 0.15) is 11.4 Å². The van der Waals surface area contributed by atoms with Gasteiger partial charge in [0.2, 0.25) is 0 Å². The highest BCUT2D eigenvalue weighted by Crippen LogP contribution is 2.22. The summed E-state index contributed by atoms with van der Waals surface area (Å²) in [7, 11) is 2.06. The summed E-state index contributed by atoms with van der Waals surface area (Å²) < 4.78 is 13.5. The number of rotatable bonds is 3. The Morgan fingerprint density at radius 1 is 1.44 bits per heavy atom. The number of hydrogen-bond acceptors (Lipinski definition) is 3. The third-order valence-corrected chi connectivity index (χ3v) is 3.31. The van der Waals surface area contributed by atoms with E-state index in [1.807, 2.05) is 0 Å². The molecule has 1 saturated heterocycles. The highest BCUT2D eigenvalue weighted by atomic mass is 19.1. The summed E-state index contributed by atoms with van der Waals surface area (Å²) >= 11 is 0. The van der Waals surface area contributed by atoms with Crippen molar-refractivity contribution in [2.45, 2.75) is 18.9 Å². The lowest BCUT2D eigenvalue weighted by Crippen LogP contribution is -2.37. The molecule has 2 N–H and O–H groups in total. The van der Waals surface area contributed by atoms with Crippen molar-refractivity contribution >= 4 is 11.7 Å². The fraction of sp³-hybridized carbons (Fsp3) is 0.462. The van der Waals surface area contributed by atoms with Crippen molar-refractivity contribution in [3.63, 3.8) is 0 Å². The molecule has 98 valence electrons. The number of benzene rings is 1. The van der Waals surface area contributed by atoms with E-state index in [1.54, 1.807) is 6.07 Å². The third-order valence-electron chi connectivity index (χ3n) is 3.31. The molecule has 0 amide bonds. The van der Waals surface area contributed by atoms with Crippen LogP contribution in [0, 0.1) is 5.82 Å². The third kappa shape index (κ3) is 2.79. The van der Waals surface area contributed by atoms with Crippen LogP contribution in [-0.4, -0.2) is 42.2 Å². The largest absolute Gasteiger partial charge is 0.478 e. The molecule has 1 fully saturated rings. The quantitative estimate of drug-likeness (QED) is 0.864. The Hall–Kier alpha value is -1.62. The summed E-state index contributed by atoms with van der Waals surface area (Å²) in [6.07, 6.45) is 1.87. The lowest BCUT2D eigenvalue weighted by Gasteiger charge is -2.30. The predicted molar refractivity (Wildman–Crippen MR) is 67.5 cm³/mol. The van der Waals surface area contributed by atoms with Crippen molar-refractivity contribution in [1.29, 1.82) is 0 Å². The minimum absolute atomic E-state index is 0.209. The first kappa shape index (κ1) is 12.8. The molecule has 1 aliphatic heterocycles. The Bertz CT molecular complexity index is 443. The van der Waals surface area contributed by atoms with E-state index >= 15 is 0 Å². The molecule has 1 aromatic rings. The average Bonchev–Trinajstić information content (AvgIpc) is 2.32. The summed E-state index contributed by atoms with van der Waals surface area (Å²) in [5.41, 5.74) is 0.105. The molecule has 0 atom stereocenters. The van der Waals surface area contributed by atoms with Crippen LogP contribution in [0.15, 0.2) is 18.2 Å². The van der Waals surface area contributed by atoms with Crippen molar-refractivity contribution in [1.82, 2.24) is 4.90 Å². The van der Waals surface area contributed by atoms with Gasteiger partial charge in [-0.25, -0.2) is 9.18 Å². The second kappa shape index (κ2) is 5.35. The number of hydrogen-bond donors (Lipinski definition) is 2. The van der Waals surface area contributed by atoms with Crippen LogP contribution in [0.25, 0.3) is 0 Å². The van der Waals surface area contributed by atoms with Gasteiger partial charge < -0.3 is 15.3 Å². The number of piperidine rings is 1. The number of carboxylic acids is 1. The molecule has 0 unspecified atom stereocenters. The molecule has 18 heavy (non-hydrogen) atoms. The van der Waals surface area contributed by atoms with Gasteiger partial charge in [-0.1, -0.05) is 6.07 Å². The maximum absolute atomic E-state index is 13.5. The molecule has 0 aromatic heterocycles. The van der Waals surface area contributed by atoms with Gasteiger partial charge in [-0.3, -0.25) is 0 Å². The number of likely N-dealkylation sites (tertiary alicyclic amines) is 1. The van der Waals surface area contributed by atoms with Crippen LogP contribution in [0.4, 0.5) is 10.1 Å². The van der Waals surface area contributed by atoms with Gasteiger partial charge in [0, 0.05) is 6.04 Å². The number of halogens is 1. The predicted octanol–water partition coefficient (Wildman–Crippen LogP) is 2.03. The van der Waals surface area contributed by atoms with E-state index in [1.165, 1.54) is 12.1 Å². The number of nitrogens with zero attached hydrogens (tertiary/aromatic N) is 1. The fourth-order valence-corrected chi connectivity index (χ4v) is 2.23. The molecule has 0 aliphatic carbocycles. The van der Waals surface area contributed by atoms with Gasteiger partial charge in [0.05, 0.1) is 5.69 Å². The van der Waals surface area contributed by atoms with Crippen molar-refractivity contribution in [3.8, 4) is 0 Å². The molecule has 4 nitrogen and oxygen atoms in total. The van der Waals surface area contributed by atoms with E-state index in [2.05, 4.69) is 17.3 Å². The van der Waals surface area contributed by atoms with Crippen molar-refractivity contribution < 1.29 is 14.3 Å². The molecule has 0 spiro atoms. The SMILES string of the molecule is CN1CCC(Nc2cccc(F)c2C(=O)O)CC1. The van der Waals surface area contributed by atoms with E-state index in [0.717, 1.165) is 25.9 Å². The zero-order valence-corrected chi connectivity index (χ0v) is 10.3. The van der Waals surface area contributed by atoms with Crippen molar-refractivity contribution in [2.24, 2.45) is 0 Å². The summed E-state index contributed by atoms with van der Waals surface area (Å²) in [5, 5.41) is 12.2. The van der Waals surface area contributed by atoms with Gasteiger partial charge in [0.25, 0.3) is 0 Å². The smallest absolute Gasteiger partial charge is 0.340 e. The van der Waals surface area contributed by atoms with Crippen molar-refractivity contribution in [3.05, 3.63) is 29.6 Å². The van der Waals surface area contributed by atoms with Crippen LogP contribution in [0.5, 0.6) is 0 Å². The number of carbonyl (C=O) groups is 1. The van der Waals surface area contributed by atoms with Crippen LogP contribution in [0.1, 0.15) is 23.2 Å². The zero-order valence-electron chi connectivity index (χ0n) is 10.3. The van der Waals surface area contributed by atoms with Crippen LogP contribution < -0.4 is 5.32 Å². The lowest BCUT2D eigenvalue weighted by atomic mass is 10.0. The lowest BCUT2D eigenvalue weighted by molar-refractivity contribution is 0.0693. The maximum atomic E-state index is 13.5. The van der Waals surface area contributed by atoms with Crippen LogP contribution >= 0.6 is 0 Å². The van der Waals surface area contributed by atoms with Gasteiger partial charge >= 0.3 is 5.97 Å². The molecular formula is C13H17FN2O2. The van der Waals surface area contributed by atoms with Gasteiger partial charge in [0.15, 0.2) is 0 Å². The normalized spacial score (nSPS) is 17.7. The fourth-order valence-electron chi connectivity index (χ4n) is 2.23. The Morgan fingerprint density at radius 2 is 2.11 bits per heavy atom. The summed E-state index contributed by atoms with van der Waals surface area (Å²) in [4.78, 5) is 13.3. The highest BCUT2D eigenvalue weighted by molar-refractivity contribution is 5.94. The summed E-state index contributed by atoms with van der Waals surface area (Å²) in [6.45, 7) is 1.94. The van der Waals surface area contributed by atoms with E-state index in [4.69, 9.17) is 5.11 Å². The van der Waals surface area contributed by atoms with E-state index in [0.29, 0.717) is 5.69 Å². The first-order valence-electron chi connectivity index (χ1n) is 6.05. The Morgan fingerprint density at radius 3 is 2.72 bits per heavy atom. The maximum Gasteiger partial charge on any atom is 0.340 e. The number of carboxylic acid groups (broad SMARTS) is 1. The number of nitrogens with one attached hydrogen (secondary N) is 1. The Kier molecular flexibility index (Phi) is 3.81. The van der Waals surface area contributed by atoms with Gasteiger partial charge in [-0.2, -0.15) is 0 Å². The van der Waals surface area contributed by atoms with Gasteiger partial charge in [-0.05, 0) is 45.1 Å². The molecule has 1 aromatic carbocycles. The first-order chi connectivity index (χ1) is 8.58. The molecule has 0 bridgehead atoms. The second-order valence-corrected chi connectivity index (χ2v) is 4.69. The topological polar surface area (TPSA) is 52.6 Å². The molecule has 1 aliphatic rings. The zero-order chi connectivity index (χ0) is 13.1. The molecule has 0 saturated carbocycles. The van der Waals surface area contributed by atoms with Gasteiger partial charge in [-0.15, -0.1) is 0 Å².